The van der Waals surface area contributed by atoms with Crippen molar-refractivity contribution in [3.63, 3.8) is 0 Å². The standard InChI is InChI=1S/C15H14O4/c16-12-6-4-11(5-7-12)14(15(18)19)9-10-2-1-3-13(17)8-10/h1-8,14,16-17H,9H2,(H,18,19). The van der Waals surface area contributed by atoms with Crippen LogP contribution in [0.4, 0.5) is 0 Å². The van der Waals surface area contributed by atoms with Gasteiger partial charge in [-0.3, -0.25) is 4.79 Å². The van der Waals surface area contributed by atoms with Crippen LogP contribution in [0.5, 0.6) is 11.5 Å². The largest absolute Gasteiger partial charge is 0.508 e. The number of phenols is 2. The maximum Gasteiger partial charge on any atom is 0.311 e. The first kappa shape index (κ1) is 13.0. The second-order valence-electron chi connectivity index (χ2n) is 4.36. The molecule has 1 atom stereocenters. The van der Waals surface area contributed by atoms with E-state index in [1.807, 2.05) is 0 Å². The molecular weight excluding hydrogens is 244 g/mol. The lowest BCUT2D eigenvalue weighted by atomic mass is 9.92. The zero-order valence-electron chi connectivity index (χ0n) is 10.2. The Morgan fingerprint density at radius 3 is 2.26 bits per heavy atom. The predicted molar refractivity (Wildman–Crippen MR) is 70.3 cm³/mol. The number of aromatic hydroxyl groups is 2. The molecule has 1 unspecified atom stereocenters. The van der Waals surface area contributed by atoms with Crippen molar-refractivity contribution in [2.24, 2.45) is 0 Å². The Morgan fingerprint density at radius 2 is 1.68 bits per heavy atom. The number of aliphatic carboxylic acids is 1. The van der Waals surface area contributed by atoms with Crippen LogP contribution >= 0.6 is 0 Å². The summed E-state index contributed by atoms with van der Waals surface area (Å²) in [6.07, 6.45) is 0.286. The summed E-state index contributed by atoms with van der Waals surface area (Å²) in [5.74, 6) is -1.42. The molecule has 19 heavy (non-hydrogen) atoms. The molecule has 0 aliphatic heterocycles. The SMILES string of the molecule is O=C(O)C(Cc1cccc(O)c1)c1ccc(O)cc1. The van der Waals surface area contributed by atoms with E-state index in [0.29, 0.717) is 5.56 Å². The molecule has 0 spiro atoms. The molecule has 98 valence electrons. The third-order valence-corrected chi connectivity index (χ3v) is 2.94. The average Bonchev–Trinajstić information content (AvgIpc) is 2.37. The molecule has 0 amide bonds. The molecule has 0 bridgehead atoms. The molecule has 4 nitrogen and oxygen atoms in total. The third kappa shape index (κ3) is 3.25. The Hall–Kier alpha value is -2.49. The number of benzene rings is 2. The van der Waals surface area contributed by atoms with Crippen LogP contribution in [-0.4, -0.2) is 21.3 Å². The van der Waals surface area contributed by atoms with Crippen LogP contribution in [0.15, 0.2) is 48.5 Å². The second kappa shape index (κ2) is 5.44. The van der Waals surface area contributed by atoms with Crippen molar-refractivity contribution >= 4 is 5.97 Å². The van der Waals surface area contributed by atoms with Crippen molar-refractivity contribution in [2.45, 2.75) is 12.3 Å². The highest BCUT2D eigenvalue weighted by Gasteiger charge is 2.20. The van der Waals surface area contributed by atoms with Gasteiger partial charge in [-0.1, -0.05) is 24.3 Å². The summed E-state index contributed by atoms with van der Waals surface area (Å²) in [6.45, 7) is 0. The highest BCUT2D eigenvalue weighted by atomic mass is 16.4. The summed E-state index contributed by atoms with van der Waals surface area (Å²) in [7, 11) is 0. The molecule has 2 aromatic carbocycles. The fraction of sp³-hybridized carbons (Fsp3) is 0.133. The molecule has 4 heteroatoms. The third-order valence-electron chi connectivity index (χ3n) is 2.94. The minimum atomic E-state index is -0.936. The highest BCUT2D eigenvalue weighted by Crippen LogP contribution is 2.24. The summed E-state index contributed by atoms with van der Waals surface area (Å²) in [5, 5.41) is 27.9. The Bertz CT molecular complexity index is 575. The molecule has 2 aromatic rings. The minimum Gasteiger partial charge on any atom is -0.508 e. The van der Waals surface area contributed by atoms with Gasteiger partial charge in [0.15, 0.2) is 0 Å². The number of hydrogen-bond acceptors (Lipinski definition) is 3. The molecule has 3 N–H and O–H groups in total. The minimum absolute atomic E-state index is 0.102. The van der Waals surface area contributed by atoms with E-state index in [2.05, 4.69) is 0 Å². The summed E-state index contributed by atoms with van der Waals surface area (Å²) in [5.41, 5.74) is 1.37. The molecular formula is C15H14O4. The van der Waals surface area contributed by atoms with Gasteiger partial charge in [-0.2, -0.15) is 0 Å². The Balaban J connectivity index is 2.26. The van der Waals surface area contributed by atoms with Crippen LogP contribution in [0, 0.1) is 0 Å². The summed E-state index contributed by atoms with van der Waals surface area (Å²) in [6, 6.07) is 12.7. The molecule has 0 aliphatic rings. The van der Waals surface area contributed by atoms with E-state index in [-0.39, 0.29) is 17.9 Å². The van der Waals surface area contributed by atoms with Gasteiger partial charge in [-0.25, -0.2) is 0 Å². The quantitative estimate of drug-likeness (QED) is 0.787. The lowest BCUT2D eigenvalue weighted by molar-refractivity contribution is -0.138. The number of phenolic OH excluding ortho intramolecular Hbond substituents is 2. The lowest BCUT2D eigenvalue weighted by Crippen LogP contribution is -2.14. The zero-order valence-corrected chi connectivity index (χ0v) is 10.2. The Morgan fingerprint density at radius 1 is 1.00 bits per heavy atom. The van der Waals surface area contributed by atoms with E-state index in [1.165, 1.54) is 12.1 Å². The van der Waals surface area contributed by atoms with E-state index in [4.69, 9.17) is 0 Å². The van der Waals surface area contributed by atoms with Gasteiger partial charge >= 0.3 is 5.97 Å². The van der Waals surface area contributed by atoms with Gasteiger partial charge in [-0.15, -0.1) is 0 Å². The van der Waals surface area contributed by atoms with Gasteiger partial charge < -0.3 is 15.3 Å². The number of carboxylic acids is 1. The summed E-state index contributed by atoms with van der Waals surface area (Å²) >= 11 is 0. The zero-order chi connectivity index (χ0) is 13.8. The van der Waals surface area contributed by atoms with E-state index in [1.54, 1.807) is 36.4 Å². The van der Waals surface area contributed by atoms with Gasteiger partial charge in [0.1, 0.15) is 11.5 Å². The first-order valence-corrected chi connectivity index (χ1v) is 5.86. The molecule has 0 fully saturated rings. The number of hydrogen-bond donors (Lipinski definition) is 3. The number of carbonyl (C=O) groups is 1. The van der Waals surface area contributed by atoms with E-state index < -0.39 is 11.9 Å². The van der Waals surface area contributed by atoms with Gasteiger partial charge in [0.05, 0.1) is 5.92 Å². The number of carboxylic acid groups (broad SMARTS) is 1. The molecule has 2 rings (SSSR count). The summed E-state index contributed by atoms with van der Waals surface area (Å²) < 4.78 is 0. The van der Waals surface area contributed by atoms with Gasteiger partial charge in [-0.05, 0) is 41.8 Å². The maximum absolute atomic E-state index is 11.3. The van der Waals surface area contributed by atoms with Crippen molar-refractivity contribution in [2.75, 3.05) is 0 Å². The molecule has 0 aliphatic carbocycles. The van der Waals surface area contributed by atoms with Gasteiger partial charge in [0, 0.05) is 0 Å². The lowest BCUT2D eigenvalue weighted by Gasteiger charge is -2.13. The monoisotopic (exact) mass is 258 g/mol. The molecule has 0 heterocycles. The maximum atomic E-state index is 11.3. The van der Waals surface area contributed by atoms with Crippen LogP contribution in [0.2, 0.25) is 0 Å². The first-order chi connectivity index (χ1) is 9.06. The second-order valence-corrected chi connectivity index (χ2v) is 4.36. The first-order valence-electron chi connectivity index (χ1n) is 5.86. The van der Waals surface area contributed by atoms with Gasteiger partial charge in [0.2, 0.25) is 0 Å². The normalized spacial score (nSPS) is 12.0. The average molecular weight is 258 g/mol. The van der Waals surface area contributed by atoms with Crippen molar-refractivity contribution in [1.29, 1.82) is 0 Å². The van der Waals surface area contributed by atoms with Crippen LogP contribution < -0.4 is 0 Å². The van der Waals surface area contributed by atoms with Crippen LogP contribution in [-0.2, 0) is 11.2 Å². The van der Waals surface area contributed by atoms with Gasteiger partial charge in [0.25, 0.3) is 0 Å². The molecule has 0 aromatic heterocycles. The number of rotatable bonds is 4. The van der Waals surface area contributed by atoms with E-state index in [0.717, 1.165) is 5.56 Å². The van der Waals surface area contributed by atoms with Crippen molar-refractivity contribution in [3.05, 3.63) is 59.7 Å². The van der Waals surface area contributed by atoms with Crippen LogP contribution in [0.25, 0.3) is 0 Å². The predicted octanol–water partition coefficient (Wildman–Crippen LogP) is 2.51. The van der Waals surface area contributed by atoms with Crippen molar-refractivity contribution in [3.8, 4) is 11.5 Å². The van der Waals surface area contributed by atoms with Crippen molar-refractivity contribution < 1.29 is 20.1 Å². The smallest absolute Gasteiger partial charge is 0.311 e. The van der Waals surface area contributed by atoms with E-state index >= 15 is 0 Å². The molecule has 0 radical (unpaired) electrons. The Kier molecular flexibility index (Phi) is 3.71. The fourth-order valence-electron chi connectivity index (χ4n) is 1.97. The van der Waals surface area contributed by atoms with Crippen LogP contribution in [0.1, 0.15) is 17.0 Å². The topological polar surface area (TPSA) is 77.8 Å². The van der Waals surface area contributed by atoms with E-state index in [9.17, 15) is 20.1 Å². The fourth-order valence-corrected chi connectivity index (χ4v) is 1.97. The summed E-state index contributed by atoms with van der Waals surface area (Å²) in [4.78, 5) is 11.3. The molecule has 0 saturated heterocycles. The highest BCUT2D eigenvalue weighted by molar-refractivity contribution is 5.76. The van der Waals surface area contributed by atoms with Crippen molar-refractivity contribution in [1.82, 2.24) is 0 Å². The Labute approximate surface area is 110 Å². The molecule has 0 saturated carbocycles. The van der Waals surface area contributed by atoms with Crippen LogP contribution in [0.3, 0.4) is 0 Å².